The van der Waals surface area contributed by atoms with Crippen molar-refractivity contribution in [1.29, 1.82) is 0 Å². The van der Waals surface area contributed by atoms with Gasteiger partial charge in [0.05, 0.1) is 5.56 Å². The topological polar surface area (TPSA) is 79.6 Å². The third-order valence-corrected chi connectivity index (χ3v) is 3.44. The summed E-state index contributed by atoms with van der Waals surface area (Å²) in [6.07, 6.45) is 5.70. The van der Waals surface area contributed by atoms with Gasteiger partial charge in [-0.05, 0) is 36.8 Å². The summed E-state index contributed by atoms with van der Waals surface area (Å²) in [5.74, 6) is 5.49. The molecule has 0 aliphatic carbocycles. The Morgan fingerprint density at radius 2 is 1.87 bits per heavy atom. The first-order valence-corrected chi connectivity index (χ1v) is 9.06. The molecule has 23 heavy (non-hydrogen) atoms. The molecule has 6 heteroatoms. The molecule has 0 saturated heterocycles. The van der Waals surface area contributed by atoms with Gasteiger partial charge >= 0.3 is 0 Å². The molecule has 2 rings (SSSR count). The fraction of sp³-hybridized carbons (Fsp3) is 0.176. The fourth-order valence-electron chi connectivity index (χ4n) is 1.76. The minimum atomic E-state index is -2.51. The molecule has 5 nitrogen and oxygen atoms in total. The number of carbonyl (C=O) groups excluding carboxylic acids is 1. The number of aryl methyl sites for hydroxylation is 1. The maximum absolute atomic E-state index is 11.9. The molecule has 1 aromatic heterocycles. The van der Waals surface area contributed by atoms with E-state index in [4.69, 9.17) is 0 Å². The first-order valence-electron chi connectivity index (χ1n) is 6.73. The van der Waals surface area contributed by atoms with E-state index in [9.17, 15) is 14.1 Å². The van der Waals surface area contributed by atoms with Crippen molar-refractivity contribution in [3.8, 4) is 17.6 Å². The van der Waals surface area contributed by atoms with Gasteiger partial charge in [0.15, 0.2) is 0 Å². The SMILES string of the molecule is Cc1cc(C#Cc2cncc(C(=O)N=S(C)(C)=O)c2)ccc1O. The molecule has 0 atom stereocenters. The summed E-state index contributed by atoms with van der Waals surface area (Å²) in [7, 11) is -2.51. The number of benzene rings is 1. The molecular weight excluding hydrogens is 312 g/mol. The Morgan fingerprint density at radius 1 is 1.17 bits per heavy atom. The summed E-state index contributed by atoms with van der Waals surface area (Å²) in [6.45, 7) is 1.79. The monoisotopic (exact) mass is 328 g/mol. The van der Waals surface area contributed by atoms with Crippen LogP contribution in [0, 0.1) is 18.8 Å². The summed E-state index contributed by atoms with van der Waals surface area (Å²) in [4.78, 5) is 15.9. The second-order valence-corrected chi connectivity index (χ2v) is 7.84. The molecule has 0 aliphatic rings. The van der Waals surface area contributed by atoms with Crippen molar-refractivity contribution >= 4 is 15.6 Å². The van der Waals surface area contributed by atoms with Gasteiger partial charge in [-0.1, -0.05) is 11.8 Å². The summed E-state index contributed by atoms with van der Waals surface area (Å²) in [5.41, 5.74) is 2.27. The number of amides is 1. The van der Waals surface area contributed by atoms with Gasteiger partial charge in [-0.3, -0.25) is 9.78 Å². The predicted octanol–water partition coefficient (Wildman–Crippen LogP) is 2.36. The Labute approximate surface area is 135 Å². The largest absolute Gasteiger partial charge is 0.508 e. The molecule has 0 saturated carbocycles. The molecule has 0 radical (unpaired) electrons. The minimum Gasteiger partial charge on any atom is -0.508 e. The van der Waals surface area contributed by atoms with Crippen molar-refractivity contribution < 1.29 is 14.1 Å². The fourth-order valence-corrected chi connectivity index (χ4v) is 2.26. The van der Waals surface area contributed by atoms with Crippen LogP contribution in [-0.4, -0.2) is 32.7 Å². The molecule has 0 bridgehead atoms. The van der Waals surface area contributed by atoms with Gasteiger partial charge in [-0.2, -0.15) is 4.36 Å². The average molecular weight is 328 g/mol. The summed E-state index contributed by atoms with van der Waals surface area (Å²) >= 11 is 0. The van der Waals surface area contributed by atoms with Gasteiger partial charge in [0.1, 0.15) is 5.75 Å². The highest BCUT2D eigenvalue weighted by atomic mass is 32.2. The standard InChI is InChI=1S/C17H16N2O3S/c1-12-8-13(6-7-16(12)20)4-5-14-9-15(11-18-10-14)17(21)19-23(2,3)22/h6-11,20H,1-3H3. The number of aromatic nitrogens is 1. The lowest BCUT2D eigenvalue weighted by molar-refractivity contribution is 0.100. The highest BCUT2D eigenvalue weighted by molar-refractivity contribution is 7.92. The molecule has 0 aliphatic heterocycles. The third-order valence-electron chi connectivity index (χ3n) is 2.84. The number of phenols is 1. The lowest BCUT2D eigenvalue weighted by Gasteiger charge is -1.99. The minimum absolute atomic E-state index is 0.217. The zero-order chi connectivity index (χ0) is 17.0. The quantitative estimate of drug-likeness (QED) is 0.815. The maximum atomic E-state index is 11.9. The van der Waals surface area contributed by atoms with Crippen LogP contribution in [0.4, 0.5) is 0 Å². The van der Waals surface area contributed by atoms with E-state index in [-0.39, 0.29) is 11.3 Å². The zero-order valence-corrected chi connectivity index (χ0v) is 13.8. The van der Waals surface area contributed by atoms with Gasteiger partial charge < -0.3 is 5.11 Å². The van der Waals surface area contributed by atoms with E-state index in [1.807, 2.05) is 0 Å². The molecule has 1 aromatic carbocycles. The second kappa shape index (κ2) is 6.63. The molecule has 1 heterocycles. The van der Waals surface area contributed by atoms with Crippen LogP contribution in [0.15, 0.2) is 41.0 Å². The molecular formula is C17H16N2O3S. The van der Waals surface area contributed by atoms with Crippen LogP contribution < -0.4 is 0 Å². The Hall–Kier alpha value is -2.65. The first kappa shape index (κ1) is 16.7. The summed E-state index contributed by atoms with van der Waals surface area (Å²) in [5, 5.41) is 9.49. The number of phenolic OH excluding ortho intramolecular Hbond substituents is 1. The lowest BCUT2D eigenvalue weighted by Crippen LogP contribution is -2.02. The molecule has 118 valence electrons. The van der Waals surface area contributed by atoms with Gasteiger partial charge in [0, 0.05) is 45.8 Å². The number of pyridine rings is 1. The molecule has 1 N–H and O–H groups in total. The Balaban J connectivity index is 2.31. The molecule has 1 amide bonds. The Morgan fingerprint density at radius 3 is 2.52 bits per heavy atom. The normalized spacial score (nSPS) is 10.6. The summed E-state index contributed by atoms with van der Waals surface area (Å²) in [6, 6.07) is 6.61. The van der Waals surface area contributed by atoms with Gasteiger partial charge in [0.2, 0.25) is 0 Å². The Kier molecular flexibility index (Phi) is 4.82. The molecule has 0 fully saturated rings. The van der Waals surface area contributed by atoms with Crippen LogP contribution in [0.5, 0.6) is 5.75 Å². The van der Waals surface area contributed by atoms with Gasteiger partial charge in [0.25, 0.3) is 5.91 Å². The number of nitrogens with zero attached hydrogens (tertiary/aromatic N) is 2. The number of aromatic hydroxyl groups is 1. The zero-order valence-electron chi connectivity index (χ0n) is 13.0. The molecule has 2 aromatic rings. The van der Waals surface area contributed by atoms with Gasteiger partial charge in [-0.15, -0.1) is 0 Å². The number of carbonyl (C=O) groups is 1. The maximum Gasteiger partial charge on any atom is 0.286 e. The third kappa shape index (κ3) is 4.94. The number of hydrogen-bond donors (Lipinski definition) is 1. The van der Waals surface area contributed by atoms with Crippen LogP contribution in [0.25, 0.3) is 0 Å². The highest BCUT2D eigenvalue weighted by Crippen LogP contribution is 2.16. The predicted molar refractivity (Wildman–Crippen MR) is 89.8 cm³/mol. The first-order chi connectivity index (χ1) is 10.7. The van der Waals surface area contributed by atoms with E-state index in [0.29, 0.717) is 5.56 Å². The van der Waals surface area contributed by atoms with E-state index in [1.165, 1.54) is 24.9 Å². The highest BCUT2D eigenvalue weighted by Gasteiger charge is 2.07. The van der Waals surface area contributed by atoms with Crippen molar-refractivity contribution in [3.05, 3.63) is 58.9 Å². The smallest absolute Gasteiger partial charge is 0.286 e. The van der Waals surface area contributed by atoms with Crippen LogP contribution in [0.2, 0.25) is 0 Å². The van der Waals surface area contributed by atoms with Crippen molar-refractivity contribution in [1.82, 2.24) is 4.98 Å². The van der Waals surface area contributed by atoms with Gasteiger partial charge in [-0.25, -0.2) is 4.21 Å². The van der Waals surface area contributed by atoms with Crippen molar-refractivity contribution in [2.45, 2.75) is 6.92 Å². The summed E-state index contributed by atoms with van der Waals surface area (Å²) < 4.78 is 15.2. The van der Waals surface area contributed by atoms with Crippen molar-refractivity contribution in [2.24, 2.45) is 4.36 Å². The number of hydrogen-bond acceptors (Lipinski definition) is 4. The number of rotatable bonds is 1. The van der Waals surface area contributed by atoms with E-state index in [0.717, 1.165) is 11.1 Å². The Bertz CT molecular complexity index is 938. The average Bonchev–Trinajstić information content (AvgIpc) is 2.47. The van der Waals surface area contributed by atoms with E-state index < -0.39 is 15.6 Å². The van der Waals surface area contributed by atoms with E-state index >= 15 is 0 Å². The van der Waals surface area contributed by atoms with Crippen LogP contribution in [-0.2, 0) is 9.73 Å². The lowest BCUT2D eigenvalue weighted by atomic mass is 10.1. The van der Waals surface area contributed by atoms with Crippen molar-refractivity contribution in [3.63, 3.8) is 0 Å². The second-order valence-electron chi connectivity index (χ2n) is 5.29. The van der Waals surface area contributed by atoms with Crippen LogP contribution >= 0.6 is 0 Å². The van der Waals surface area contributed by atoms with Crippen LogP contribution in [0.3, 0.4) is 0 Å². The molecule has 0 unspecified atom stereocenters. The molecule has 0 spiro atoms. The van der Waals surface area contributed by atoms with Crippen molar-refractivity contribution in [2.75, 3.05) is 12.5 Å². The van der Waals surface area contributed by atoms with Crippen LogP contribution in [0.1, 0.15) is 27.0 Å². The van der Waals surface area contributed by atoms with E-state index in [1.54, 1.807) is 31.2 Å². The van der Waals surface area contributed by atoms with E-state index in [2.05, 4.69) is 21.2 Å².